The van der Waals surface area contributed by atoms with Crippen molar-refractivity contribution in [1.29, 1.82) is 0 Å². The van der Waals surface area contributed by atoms with Crippen LogP contribution in [0, 0.1) is 6.92 Å². The van der Waals surface area contributed by atoms with Gasteiger partial charge < -0.3 is 10.0 Å². The minimum atomic E-state index is -0.709. The van der Waals surface area contributed by atoms with Crippen LogP contribution in [0.2, 0.25) is 0 Å². The molecule has 0 atom stereocenters. The maximum Gasteiger partial charge on any atom is 0.324 e. The zero-order valence-corrected chi connectivity index (χ0v) is 11.9. The van der Waals surface area contributed by atoms with Gasteiger partial charge in [0.25, 0.3) is 0 Å². The maximum atomic E-state index is 11.6. The van der Waals surface area contributed by atoms with Crippen molar-refractivity contribution in [2.24, 2.45) is 0 Å². The van der Waals surface area contributed by atoms with Gasteiger partial charge in [-0.1, -0.05) is 18.2 Å². The van der Waals surface area contributed by atoms with Crippen LogP contribution in [-0.2, 0) is 4.79 Å². The second kappa shape index (κ2) is 5.21. The molecule has 0 aliphatic carbocycles. The van der Waals surface area contributed by atoms with E-state index in [1.54, 1.807) is 0 Å². The average Bonchev–Trinajstić information content (AvgIpc) is 2.39. The zero-order chi connectivity index (χ0) is 14.0. The van der Waals surface area contributed by atoms with Crippen LogP contribution in [0.15, 0.2) is 24.3 Å². The number of aryl methyl sites for hydroxylation is 1. The van der Waals surface area contributed by atoms with Crippen LogP contribution in [-0.4, -0.2) is 48.7 Å². The molecule has 0 spiro atoms. The highest BCUT2D eigenvalue weighted by Gasteiger charge is 2.43. The summed E-state index contributed by atoms with van der Waals surface area (Å²) < 4.78 is 0. The van der Waals surface area contributed by atoms with E-state index in [0.717, 1.165) is 13.1 Å². The molecular weight excluding hydrogens is 240 g/mol. The third kappa shape index (κ3) is 2.45. The van der Waals surface area contributed by atoms with Crippen molar-refractivity contribution in [3.05, 3.63) is 29.8 Å². The van der Waals surface area contributed by atoms with Crippen molar-refractivity contribution in [2.75, 3.05) is 32.1 Å². The summed E-state index contributed by atoms with van der Waals surface area (Å²) in [4.78, 5) is 15.7. The lowest BCUT2D eigenvalue weighted by molar-refractivity contribution is -0.151. The number of hydrogen-bond acceptors (Lipinski definition) is 3. The minimum Gasteiger partial charge on any atom is -0.480 e. The molecule has 0 amide bonds. The first-order valence-corrected chi connectivity index (χ1v) is 6.69. The molecule has 0 unspecified atom stereocenters. The Hall–Kier alpha value is -1.55. The molecule has 1 aromatic carbocycles. The number of rotatable bonds is 3. The van der Waals surface area contributed by atoms with Crippen molar-refractivity contribution in [1.82, 2.24) is 4.90 Å². The zero-order valence-electron chi connectivity index (χ0n) is 11.9. The second-order valence-corrected chi connectivity index (χ2v) is 5.50. The quantitative estimate of drug-likeness (QED) is 0.904. The lowest BCUT2D eigenvalue weighted by Crippen LogP contribution is -2.57. The summed E-state index contributed by atoms with van der Waals surface area (Å²) in [5.74, 6) is -0.707. The molecule has 4 nitrogen and oxygen atoms in total. The third-order valence-corrected chi connectivity index (χ3v) is 4.30. The fourth-order valence-corrected chi connectivity index (χ4v) is 2.89. The van der Waals surface area contributed by atoms with Gasteiger partial charge in [-0.3, -0.25) is 9.69 Å². The number of likely N-dealkylation sites (N-methyl/N-ethyl adjacent to an activating group) is 1. The molecule has 1 fully saturated rings. The van der Waals surface area contributed by atoms with Crippen molar-refractivity contribution in [3.8, 4) is 0 Å². The first-order valence-electron chi connectivity index (χ1n) is 6.69. The lowest BCUT2D eigenvalue weighted by Gasteiger charge is -2.44. The number of hydrogen-bond donors (Lipinski definition) is 1. The summed E-state index contributed by atoms with van der Waals surface area (Å²) in [6.07, 6.45) is 1.31. The van der Waals surface area contributed by atoms with Crippen LogP contribution >= 0.6 is 0 Å². The lowest BCUT2D eigenvalue weighted by atomic mass is 9.86. The summed E-state index contributed by atoms with van der Waals surface area (Å²) in [5.41, 5.74) is 1.76. The Bertz CT molecular complexity index is 463. The van der Waals surface area contributed by atoms with E-state index in [9.17, 15) is 9.90 Å². The van der Waals surface area contributed by atoms with E-state index in [2.05, 4.69) is 24.0 Å². The molecule has 1 heterocycles. The molecule has 0 bridgehead atoms. The van der Waals surface area contributed by atoms with Gasteiger partial charge in [-0.25, -0.2) is 0 Å². The van der Waals surface area contributed by atoms with Gasteiger partial charge in [0.15, 0.2) is 0 Å². The van der Waals surface area contributed by atoms with Crippen molar-refractivity contribution in [2.45, 2.75) is 25.3 Å². The number of piperidine rings is 1. The molecule has 4 heteroatoms. The van der Waals surface area contributed by atoms with Gasteiger partial charge in [-0.2, -0.15) is 0 Å². The fourth-order valence-electron chi connectivity index (χ4n) is 2.89. The first kappa shape index (κ1) is 13.9. The van der Waals surface area contributed by atoms with Gasteiger partial charge in [0, 0.05) is 18.8 Å². The summed E-state index contributed by atoms with van der Waals surface area (Å²) in [6, 6.07) is 8.27. The number of carboxylic acids is 1. The van der Waals surface area contributed by atoms with Gasteiger partial charge >= 0.3 is 5.97 Å². The summed E-state index contributed by atoms with van der Waals surface area (Å²) in [5, 5.41) is 9.51. The molecule has 1 aromatic rings. The minimum absolute atomic E-state index is 0.656. The van der Waals surface area contributed by atoms with Crippen molar-refractivity contribution >= 4 is 11.7 Å². The summed E-state index contributed by atoms with van der Waals surface area (Å²) >= 11 is 0. The van der Waals surface area contributed by atoms with Gasteiger partial charge in [0.1, 0.15) is 5.54 Å². The standard InChI is InChI=1S/C15H22N2O2/c1-12-6-4-5-7-13(12)17-10-8-15(9-11-17,14(18)19)16(2)3/h4-7H,8-11H2,1-3H3,(H,18,19). The Labute approximate surface area is 114 Å². The maximum absolute atomic E-state index is 11.6. The number of anilines is 1. The van der Waals surface area contributed by atoms with E-state index < -0.39 is 11.5 Å². The summed E-state index contributed by atoms with van der Waals surface area (Å²) in [7, 11) is 3.72. The van der Waals surface area contributed by atoms with Crippen LogP contribution in [0.25, 0.3) is 0 Å². The molecule has 0 aromatic heterocycles. The Balaban J connectivity index is 2.15. The van der Waals surface area contributed by atoms with Crippen molar-refractivity contribution < 1.29 is 9.90 Å². The molecule has 19 heavy (non-hydrogen) atoms. The average molecular weight is 262 g/mol. The van der Waals surface area contributed by atoms with E-state index in [-0.39, 0.29) is 0 Å². The number of nitrogens with zero attached hydrogens (tertiary/aromatic N) is 2. The molecule has 2 rings (SSSR count). The monoisotopic (exact) mass is 262 g/mol. The smallest absolute Gasteiger partial charge is 0.324 e. The fraction of sp³-hybridized carbons (Fsp3) is 0.533. The number of para-hydroxylation sites is 1. The van der Waals surface area contributed by atoms with Crippen LogP contribution in [0.5, 0.6) is 0 Å². The van der Waals surface area contributed by atoms with E-state index >= 15 is 0 Å². The Kier molecular flexibility index (Phi) is 3.80. The highest BCUT2D eigenvalue weighted by Crippen LogP contribution is 2.31. The van der Waals surface area contributed by atoms with E-state index in [1.165, 1.54) is 11.3 Å². The van der Waals surface area contributed by atoms with Gasteiger partial charge in [-0.15, -0.1) is 0 Å². The molecular formula is C15H22N2O2. The molecule has 104 valence electrons. The second-order valence-electron chi connectivity index (χ2n) is 5.50. The van der Waals surface area contributed by atoms with Crippen LogP contribution < -0.4 is 4.90 Å². The first-order chi connectivity index (χ1) is 8.97. The van der Waals surface area contributed by atoms with Gasteiger partial charge in [0.05, 0.1) is 0 Å². The summed E-state index contributed by atoms with van der Waals surface area (Å²) in [6.45, 7) is 3.67. The SMILES string of the molecule is Cc1ccccc1N1CCC(C(=O)O)(N(C)C)CC1. The topological polar surface area (TPSA) is 43.8 Å². The number of aliphatic carboxylic acids is 1. The van der Waals surface area contributed by atoms with Crippen LogP contribution in [0.3, 0.4) is 0 Å². The largest absolute Gasteiger partial charge is 0.480 e. The Morgan fingerprint density at radius 2 is 1.84 bits per heavy atom. The van der Waals surface area contributed by atoms with E-state index in [4.69, 9.17) is 0 Å². The van der Waals surface area contributed by atoms with Gasteiger partial charge in [-0.05, 0) is 45.5 Å². The predicted octanol–water partition coefficient (Wildman–Crippen LogP) is 1.98. The number of carbonyl (C=O) groups is 1. The number of carboxylic acid groups (broad SMARTS) is 1. The van der Waals surface area contributed by atoms with Crippen LogP contribution in [0.4, 0.5) is 5.69 Å². The van der Waals surface area contributed by atoms with E-state index in [0.29, 0.717) is 12.8 Å². The number of benzene rings is 1. The molecule has 1 N–H and O–H groups in total. The van der Waals surface area contributed by atoms with Crippen molar-refractivity contribution in [3.63, 3.8) is 0 Å². The molecule has 1 aliphatic rings. The molecule has 1 saturated heterocycles. The van der Waals surface area contributed by atoms with Gasteiger partial charge in [0.2, 0.25) is 0 Å². The highest BCUT2D eigenvalue weighted by molar-refractivity contribution is 5.79. The molecule has 0 radical (unpaired) electrons. The highest BCUT2D eigenvalue weighted by atomic mass is 16.4. The van der Waals surface area contributed by atoms with Crippen LogP contribution in [0.1, 0.15) is 18.4 Å². The molecule has 1 aliphatic heterocycles. The third-order valence-electron chi connectivity index (χ3n) is 4.30. The van der Waals surface area contributed by atoms with E-state index in [1.807, 2.05) is 31.1 Å². The Morgan fingerprint density at radius 3 is 2.32 bits per heavy atom. The normalized spacial score (nSPS) is 18.6. The molecule has 0 saturated carbocycles. The Morgan fingerprint density at radius 1 is 1.26 bits per heavy atom. The predicted molar refractivity (Wildman–Crippen MR) is 76.7 cm³/mol.